The predicted molar refractivity (Wildman–Crippen MR) is 119 cm³/mol. The lowest BCUT2D eigenvalue weighted by Crippen LogP contribution is -2.18. The number of hydrogen-bond acceptors (Lipinski definition) is 0. The molecule has 1 aromatic carbocycles. The van der Waals surface area contributed by atoms with Crippen LogP contribution < -0.4 is 0 Å². The van der Waals surface area contributed by atoms with Crippen molar-refractivity contribution >= 4 is 29.4 Å². The molecule has 0 unspecified atom stereocenters. The third-order valence-electron chi connectivity index (χ3n) is 5.30. The Balaban J connectivity index is 3.22. The van der Waals surface area contributed by atoms with E-state index in [4.69, 9.17) is 15.1 Å². The molecule has 0 aromatic heterocycles. The molecule has 0 amide bonds. The molecule has 24 heavy (non-hydrogen) atoms. The zero-order valence-corrected chi connectivity index (χ0v) is 18.6. The minimum atomic E-state index is -1.65. The SMILES string of the molecule is [B][P+]([CH-]c1ccccc1[CH-][P+]([B])(C(C)C)C(C)C)(C(C)C)C(C)C. The van der Waals surface area contributed by atoms with Crippen LogP contribution in [0.5, 0.6) is 0 Å². The third kappa shape index (κ3) is 4.77. The van der Waals surface area contributed by atoms with Gasteiger partial charge in [0.1, 0.15) is 0 Å². The molecule has 4 heteroatoms. The van der Waals surface area contributed by atoms with Crippen molar-refractivity contribution in [1.29, 1.82) is 0 Å². The highest BCUT2D eigenvalue weighted by molar-refractivity contribution is 8.00. The van der Waals surface area contributed by atoms with Crippen molar-refractivity contribution in [3.63, 3.8) is 0 Å². The van der Waals surface area contributed by atoms with E-state index >= 15 is 0 Å². The summed E-state index contributed by atoms with van der Waals surface area (Å²) in [6, 6.07) is 8.61. The van der Waals surface area contributed by atoms with E-state index in [2.05, 4.69) is 92.0 Å². The topological polar surface area (TPSA) is 0 Å². The molecule has 0 aliphatic carbocycles. The Bertz CT molecular complexity index is 461. The predicted octanol–water partition coefficient (Wildman–Crippen LogP) is 6.54. The molecule has 0 aliphatic rings. The van der Waals surface area contributed by atoms with Crippen LogP contribution in [0, 0.1) is 12.3 Å². The molecule has 0 saturated heterocycles. The van der Waals surface area contributed by atoms with Crippen molar-refractivity contribution in [3.05, 3.63) is 47.7 Å². The van der Waals surface area contributed by atoms with Gasteiger partial charge < -0.3 is 0 Å². The van der Waals surface area contributed by atoms with Crippen LogP contribution in [-0.4, -0.2) is 37.8 Å². The van der Waals surface area contributed by atoms with Crippen molar-refractivity contribution in [3.8, 4) is 0 Å². The second kappa shape index (κ2) is 8.56. The van der Waals surface area contributed by atoms with Crippen molar-refractivity contribution in [2.24, 2.45) is 0 Å². The second-order valence-corrected chi connectivity index (χ2v) is 16.3. The lowest BCUT2D eigenvalue weighted by atomic mass is 10.1. The molecule has 0 saturated carbocycles. The van der Waals surface area contributed by atoms with E-state index in [0.29, 0.717) is 22.6 Å². The van der Waals surface area contributed by atoms with E-state index in [1.54, 1.807) is 0 Å². The fourth-order valence-electron chi connectivity index (χ4n) is 3.02. The van der Waals surface area contributed by atoms with Crippen molar-refractivity contribution in [2.45, 2.75) is 78.0 Å². The van der Waals surface area contributed by atoms with E-state index in [0.717, 1.165) is 0 Å². The lowest BCUT2D eigenvalue weighted by molar-refractivity contribution is 1.00. The third-order valence-corrected chi connectivity index (χ3v) is 13.9. The van der Waals surface area contributed by atoms with E-state index in [1.165, 1.54) is 11.1 Å². The zero-order valence-electron chi connectivity index (χ0n) is 16.8. The Morgan fingerprint density at radius 1 is 0.625 bits per heavy atom. The number of benzene rings is 1. The van der Waals surface area contributed by atoms with Crippen LogP contribution in [0.25, 0.3) is 0 Å². The van der Waals surface area contributed by atoms with Crippen molar-refractivity contribution in [1.82, 2.24) is 0 Å². The van der Waals surface area contributed by atoms with Gasteiger partial charge in [0.05, 0.1) is 0 Å². The second-order valence-electron chi connectivity index (χ2n) is 8.05. The van der Waals surface area contributed by atoms with Gasteiger partial charge in [-0.2, -0.15) is 0 Å². The Labute approximate surface area is 155 Å². The number of rotatable bonds is 8. The van der Waals surface area contributed by atoms with Crippen LogP contribution in [-0.2, 0) is 0 Å². The van der Waals surface area contributed by atoms with Crippen LogP contribution in [0.1, 0.15) is 66.5 Å². The molecule has 0 N–H and O–H groups in total. The Hall–Kier alpha value is -0.0501. The maximum Gasteiger partial charge on any atom is 0.356 e. The molecule has 0 bridgehead atoms. The summed E-state index contributed by atoms with van der Waals surface area (Å²) in [4.78, 5) is 0. The molecule has 0 aliphatic heterocycles. The fraction of sp³-hybridized carbons (Fsp3) is 0.600. The summed E-state index contributed by atoms with van der Waals surface area (Å²) in [5.41, 5.74) is 4.45. The van der Waals surface area contributed by atoms with Crippen molar-refractivity contribution in [2.75, 3.05) is 0 Å². The van der Waals surface area contributed by atoms with Gasteiger partial charge in [-0.3, -0.25) is 11.1 Å². The normalized spacial score (nSPS) is 13.2. The number of hydrogen-bond donors (Lipinski definition) is 0. The quantitative estimate of drug-likeness (QED) is 0.281. The molecule has 0 spiro atoms. The van der Waals surface area contributed by atoms with E-state index in [-0.39, 0.29) is 0 Å². The smallest absolute Gasteiger partial charge is 0.256 e. The van der Waals surface area contributed by atoms with Crippen LogP contribution >= 0.6 is 14.3 Å². The largest absolute Gasteiger partial charge is 0.356 e. The first-order valence-corrected chi connectivity index (χ1v) is 13.2. The first kappa shape index (κ1) is 22.0. The molecule has 0 heterocycles. The van der Waals surface area contributed by atoms with Gasteiger partial charge in [0.15, 0.2) is 0 Å². The van der Waals surface area contributed by atoms with Gasteiger partial charge in [-0.05, 0) is 55.4 Å². The molecule has 1 aromatic rings. The highest BCUT2D eigenvalue weighted by Crippen LogP contribution is 2.69. The van der Waals surface area contributed by atoms with Gasteiger partial charge in [0.2, 0.25) is 0 Å². The molecular formula is C20H34B2P2. The minimum Gasteiger partial charge on any atom is -0.256 e. The summed E-state index contributed by atoms with van der Waals surface area (Å²) in [6.45, 7) is 18.0. The summed E-state index contributed by atoms with van der Waals surface area (Å²) in [6.07, 6.45) is 4.75. The van der Waals surface area contributed by atoms with Crippen LogP contribution in [0.15, 0.2) is 24.3 Å². The Morgan fingerprint density at radius 3 is 1.08 bits per heavy atom. The van der Waals surface area contributed by atoms with E-state index in [1.807, 2.05) is 0 Å². The van der Waals surface area contributed by atoms with Gasteiger partial charge in [-0.25, -0.2) is 12.1 Å². The maximum absolute atomic E-state index is 6.89. The Kier molecular flexibility index (Phi) is 7.84. The molecular weight excluding hydrogens is 324 g/mol. The summed E-state index contributed by atoms with van der Waals surface area (Å²) >= 11 is 0. The van der Waals surface area contributed by atoms with Gasteiger partial charge >= 0.3 is 15.1 Å². The molecule has 0 fully saturated rings. The van der Waals surface area contributed by atoms with Crippen LogP contribution in [0.3, 0.4) is 0 Å². The molecule has 0 atom stereocenters. The summed E-state index contributed by atoms with van der Waals surface area (Å²) in [5.74, 6) is 0. The highest BCUT2D eigenvalue weighted by atomic mass is 31.2. The summed E-state index contributed by atoms with van der Waals surface area (Å²) < 4.78 is 0. The van der Waals surface area contributed by atoms with Gasteiger partial charge in [-0.1, -0.05) is 14.3 Å². The monoisotopic (exact) mass is 358 g/mol. The molecule has 4 radical (unpaired) electrons. The van der Waals surface area contributed by atoms with Gasteiger partial charge in [-0.15, -0.1) is 24.5 Å². The summed E-state index contributed by atoms with van der Waals surface area (Å²) in [7, 11) is 10.5. The van der Waals surface area contributed by atoms with E-state index < -0.39 is 14.3 Å². The molecule has 1 rings (SSSR count). The first-order chi connectivity index (χ1) is 10.9. The van der Waals surface area contributed by atoms with Gasteiger partial charge in [0.25, 0.3) is 0 Å². The first-order valence-electron chi connectivity index (χ1n) is 9.09. The van der Waals surface area contributed by atoms with Crippen LogP contribution in [0.2, 0.25) is 0 Å². The lowest BCUT2D eigenvalue weighted by Gasteiger charge is -2.43. The van der Waals surface area contributed by atoms with E-state index in [9.17, 15) is 0 Å². The highest BCUT2D eigenvalue weighted by Gasteiger charge is 2.37. The van der Waals surface area contributed by atoms with Crippen LogP contribution in [0.4, 0.5) is 0 Å². The van der Waals surface area contributed by atoms with Gasteiger partial charge in [0, 0.05) is 22.6 Å². The summed E-state index contributed by atoms with van der Waals surface area (Å²) in [5, 5.41) is 0. The Morgan fingerprint density at radius 2 is 0.875 bits per heavy atom. The average Bonchev–Trinajstić information content (AvgIpc) is 2.48. The van der Waals surface area contributed by atoms with Crippen molar-refractivity contribution < 1.29 is 0 Å². The zero-order chi connectivity index (χ0) is 18.7. The molecule has 0 nitrogen and oxygen atoms in total. The standard InChI is InChI=1S/C20H34B2P2/c1-15(2)23(21,16(3)4)13-19-11-9-10-12-20(19)14-24(22,17(5)6)18(7)8/h9-18H,1-8H3. The average molecular weight is 358 g/mol. The fourth-order valence-corrected chi connectivity index (χ4v) is 8.03. The maximum atomic E-state index is 6.89. The molecule has 130 valence electrons. The minimum absolute atomic E-state index is 0.484.